The Labute approximate surface area is 157 Å². The first-order chi connectivity index (χ1) is 12.9. The maximum Gasteiger partial charge on any atom is 0.326 e. The number of amides is 1. The molecule has 0 radical (unpaired) electrons. The number of ether oxygens (including phenoxy) is 1. The number of carbonyl (C=O) groups excluding carboxylic acids is 2. The second kappa shape index (κ2) is 7.83. The number of esters is 1. The lowest BCUT2D eigenvalue weighted by Gasteiger charge is -2.08. The first kappa shape index (κ1) is 18.3. The maximum absolute atomic E-state index is 12.0. The Hall–Kier alpha value is -3.46. The van der Waals surface area contributed by atoms with Crippen molar-refractivity contribution in [1.82, 2.24) is 9.55 Å². The first-order valence-corrected chi connectivity index (χ1v) is 8.11. The van der Waals surface area contributed by atoms with Gasteiger partial charge in [0.1, 0.15) is 12.2 Å². The molecule has 1 heterocycles. The number of nitro benzene ring substituents is 1. The van der Waals surface area contributed by atoms with E-state index in [9.17, 15) is 19.7 Å². The standard InChI is InChI=1S/C17H13ClN4O5/c18-11-5-6-15(22(25)26)13(7-11)20-16(23)9-27-17(24)8-21-10-19-12-3-1-2-4-14(12)21/h1-7,10H,8-9H2,(H,20,23). The molecule has 0 saturated carbocycles. The molecule has 9 nitrogen and oxygen atoms in total. The predicted octanol–water partition coefficient (Wildman–Crippen LogP) is 2.78. The molecule has 0 fully saturated rings. The fourth-order valence-electron chi connectivity index (χ4n) is 2.42. The number of imidazole rings is 1. The molecule has 138 valence electrons. The van der Waals surface area contributed by atoms with Gasteiger partial charge in [0, 0.05) is 11.1 Å². The minimum atomic E-state index is -0.718. The molecule has 2 aromatic carbocycles. The minimum absolute atomic E-state index is 0.0749. The third-order valence-corrected chi connectivity index (χ3v) is 3.86. The highest BCUT2D eigenvalue weighted by molar-refractivity contribution is 6.31. The molecule has 0 unspecified atom stereocenters. The average molecular weight is 389 g/mol. The largest absolute Gasteiger partial charge is 0.454 e. The van der Waals surface area contributed by atoms with E-state index in [2.05, 4.69) is 10.3 Å². The van der Waals surface area contributed by atoms with Crippen LogP contribution in [0.3, 0.4) is 0 Å². The van der Waals surface area contributed by atoms with Crippen LogP contribution in [-0.2, 0) is 20.9 Å². The van der Waals surface area contributed by atoms with Crippen molar-refractivity contribution in [2.45, 2.75) is 6.54 Å². The van der Waals surface area contributed by atoms with Gasteiger partial charge in [0.2, 0.25) is 0 Å². The zero-order valence-corrected chi connectivity index (χ0v) is 14.5. The van der Waals surface area contributed by atoms with Gasteiger partial charge >= 0.3 is 5.97 Å². The molecule has 1 aromatic heterocycles. The second-order valence-electron chi connectivity index (χ2n) is 5.49. The highest BCUT2D eigenvalue weighted by Gasteiger charge is 2.17. The van der Waals surface area contributed by atoms with Crippen LogP contribution in [0.5, 0.6) is 0 Å². The Morgan fingerprint density at radius 3 is 2.81 bits per heavy atom. The minimum Gasteiger partial charge on any atom is -0.454 e. The molecule has 0 aliphatic heterocycles. The number of aromatic nitrogens is 2. The smallest absolute Gasteiger partial charge is 0.326 e. The average Bonchev–Trinajstić information content (AvgIpc) is 3.03. The van der Waals surface area contributed by atoms with E-state index in [4.69, 9.17) is 16.3 Å². The van der Waals surface area contributed by atoms with Gasteiger partial charge in [-0.05, 0) is 24.3 Å². The molecule has 3 aromatic rings. The van der Waals surface area contributed by atoms with Gasteiger partial charge in [-0.2, -0.15) is 0 Å². The van der Waals surface area contributed by atoms with E-state index < -0.39 is 23.4 Å². The fourth-order valence-corrected chi connectivity index (χ4v) is 2.59. The number of nitrogens with one attached hydrogen (secondary N) is 1. The molecule has 0 saturated heterocycles. The molecule has 0 bridgehead atoms. The Kier molecular flexibility index (Phi) is 5.32. The van der Waals surface area contributed by atoms with E-state index in [1.54, 1.807) is 10.6 Å². The summed E-state index contributed by atoms with van der Waals surface area (Å²) in [6, 6.07) is 11.0. The summed E-state index contributed by atoms with van der Waals surface area (Å²) in [6.45, 7) is -0.708. The van der Waals surface area contributed by atoms with Crippen molar-refractivity contribution in [3.05, 3.63) is 63.9 Å². The Balaban J connectivity index is 1.59. The fraction of sp³-hybridized carbons (Fsp3) is 0.118. The van der Waals surface area contributed by atoms with Crippen LogP contribution in [0.15, 0.2) is 48.8 Å². The summed E-state index contributed by atoms with van der Waals surface area (Å²) in [5, 5.41) is 13.5. The number of hydrogen-bond acceptors (Lipinski definition) is 6. The van der Waals surface area contributed by atoms with E-state index >= 15 is 0 Å². The third-order valence-electron chi connectivity index (χ3n) is 3.62. The zero-order chi connectivity index (χ0) is 19.4. The van der Waals surface area contributed by atoms with Crippen molar-refractivity contribution in [1.29, 1.82) is 0 Å². The van der Waals surface area contributed by atoms with Crippen LogP contribution >= 0.6 is 11.6 Å². The van der Waals surface area contributed by atoms with Gasteiger partial charge in [0.15, 0.2) is 6.61 Å². The number of fused-ring (bicyclic) bond motifs is 1. The number of nitrogens with zero attached hydrogens (tertiary/aromatic N) is 3. The lowest BCUT2D eigenvalue weighted by Crippen LogP contribution is -2.23. The molecule has 0 spiro atoms. The number of para-hydroxylation sites is 2. The van der Waals surface area contributed by atoms with Crippen molar-refractivity contribution in [2.24, 2.45) is 0 Å². The van der Waals surface area contributed by atoms with Crippen molar-refractivity contribution in [3.8, 4) is 0 Å². The van der Waals surface area contributed by atoms with Crippen LogP contribution in [0, 0.1) is 10.1 Å². The van der Waals surface area contributed by atoms with Crippen molar-refractivity contribution in [3.63, 3.8) is 0 Å². The van der Waals surface area contributed by atoms with E-state index in [1.807, 2.05) is 18.2 Å². The van der Waals surface area contributed by atoms with Crippen LogP contribution in [0.4, 0.5) is 11.4 Å². The number of hydrogen-bond donors (Lipinski definition) is 1. The zero-order valence-electron chi connectivity index (χ0n) is 13.8. The van der Waals surface area contributed by atoms with Crippen molar-refractivity contribution in [2.75, 3.05) is 11.9 Å². The second-order valence-corrected chi connectivity index (χ2v) is 5.93. The lowest BCUT2D eigenvalue weighted by atomic mass is 10.2. The number of rotatable bonds is 6. The highest BCUT2D eigenvalue weighted by atomic mass is 35.5. The molecule has 1 N–H and O–H groups in total. The van der Waals surface area contributed by atoms with Crippen LogP contribution in [0.25, 0.3) is 11.0 Å². The van der Waals surface area contributed by atoms with Gasteiger partial charge in [-0.25, -0.2) is 4.98 Å². The van der Waals surface area contributed by atoms with E-state index in [1.165, 1.54) is 24.5 Å². The van der Waals surface area contributed by atoms with E-state index in [-0.39, 0.29) is 22.9 Å². The number of carbonyl (C=O) groups is 2. The Morgan fingerprint density at radius 2 is 2.04 bits per heavy atom. The Morgan fingerprint density at radius 1 is 1.26 bits per heavy atom. The maximum atomic E-state index is 12.0. The molecule has 10 heteroatoms. The number of benzene rings is 2. The molecular weight excluding hydrogens is 376 g/mol. The molecule has 0 atom stereocenters. The highest BCUT2D eigenvalue weighted by Crippen LogP contribution is 2.27. The van der Waals surface area contributed by atoms with Gasteiger partial charge in [-0.1, -0.05) is 23.7 Å². The SMILES string of the molecule is O=C(COC(=O)Cn1cnc2ccccc21)Nc1cc(Cl)ccc1[N+](=O)[O-]. The summed E-state index contributed by atoms with van der Waals surface area (Å²) in [7, 11) is 0. The molecule has 3 rings (SSSR count). The summed E-state index contributed by atoms with van der Waals surface area (Å²) < 4.78 is 6.52. The Bertz CT molecular complexity index is 1030. The topological polar surface area (TPSA) is 116 Å². The van der Waals surface area contributed by atoms with Gasteiger partial charge < -0.3 is 14.6 Å². The van der Waals surface area contributed by atoms with Gasteiger partial charge in [0.25, 0.3) is 11.6 Å². The van der Waals surface area contributed by atoms with Gasteiger partial charge in [0.05, 0.1) is 22.3 Å². The summed E-state index contributed by atoms with van der Waals surface area (Å²) in [6.07, 6.45) is 1.50. The third kappa shape index (κ3) is 4.39. The van der Waals surface area contributed by atoms with Crippen molar-refractivity contribution >= 4 is 45.9 Å². The number of nitro groups is 1. The number of anilines is 1. The molecule has 0 aliphatic rings. The van der Waals surface area contributed by atoms with Crippen LogP contribution < -0.4 is 5.32 Å². The van der Waals surface area contributed by atoms with E-state index in [0.29, 0.717) is 0 Å². The molecule has 0 aliphatic carbocycles. The van der Waals surface area contributed by atoms with Crippen LogP contribution in [-0.4, -0.2) is 33.0 Å². The summed E-state index contributed by atoms with van der Waals surface area (Å²) >= 11 is 5.79. The van der Waals surface area contributed by atoms with E-state index in [0.717, 1.165) is 11.0 Å². The summed E-state index contributed by atoms with van der Waals surface area (Å²) in [5.41, 5.74) is 1.10. The van der Waals surface area contributed by atoms with Crippen molar-refractivity contribution < 1.29 is 19.2 Å². The first-order valence-electron chi connectivity index (χ1n) is 7.73. The predicted molar refractivity (Wildman–Crippen MR) is 97.4 cm³/mol. The monoisotopic (exact) mass is 388 g/mol. The van der Waals surface area contributed by atoms with Gasteiger partial charge in [-0.3, -0.25) is 19.7 Å². The molecule has 1 amide bonds. The molecule has 27 heavy (non-hydrogen) atoms. The van der Waals surface area contributed by atoms with Gasteiger partial charge in [-0.15, -0.1) is 0 Å². The van der Waals surface area contributed by atoms with Crippen LogP contribution in [0.2, 0.25) is 5.02 Å². The van der Waals surface area contributed by atoms with Crippen LogP contribution in [0.1, 0.15) is 0 Å². The number of halogens is 1. The lowest BCUT2D eigenvalue weighted by molar-refractivity contribution is -0.383. The quantitative estimate of drug-likeness (QED) is 0.394. The summed E-state index contributed by atoms with van der Waals surface area (Å²) in [5.74, 6) is -1.36. The summed E-state index contributed by atoms with van der Waals surface area (Å²) in [4.78, 5) is 38.4. The molecular formula is C17H13ClN4O5. The normalized spacial score (nSPS) is 10.6.